The third-order valence-electron chi connectivity index (χ3n) is 6.11. The smallest absolute Gasteiger partial charge is 0.234 e. The Hall–Kier alpha value is -2.32. The van der Waals surface area contributed by atoms with Crippen LogP contribution in [0.25, 0.3) is 11.3 Å². The Morgan fingerprint density at radius 1 is 1.26 bits per heavy atom. The molecular weight excluding hydrogens is 436 g/mol. The molecule has 5 rings (SSSR count). The van der Waals surface area contributed by atoms with Crippen molar-refractivity contribution in [2.75, 3.05) is 5.75 Å². The van der Waals surface area contributed by atoms with Crippen molar-refractivity contribution in [2.24, 2.45) is 10.9 Å². The van der Waals surface area contributed by atoms with E-state index in [2.05, 4.69) is 10.5 Å². The van der Waals surface area contributed by atoms with Gasteiger partial charge in [0, 0.05) is 28.8 Å². The minimum Gasteiger partial charge on any atom is -0.356 e. The first-order valence-corrected chi connectivity index (χ1v) is 12.0. The average molecular weight is 459 g/mol. The van der Waals surface area contributed by atoms with Crippen LogP contribution in [0.15, 0.2) is 39.8 Å². The van der Waals surface area contributed by atoms with Crippen LogP contribution in [0.5, 0.6) is 0 Å². The Morgan fingerprint density at radius 3 is 2.90 bits per heavy atom. The molecule has 3 aliphatic rings. The van der Waals surface area contributed by atoms with Crippen molar-refractivity contribution in [1.29, 1.82) is 0 Å². The normalized spacial score (nSPS) is 25.1. The quantitative estimate of drug-likeness (QED) is 0.734. The van der Waals surface area contributed by atoms with Crippen LogP contribution in [-0.4, -0.2) is 44.9 Å². The van der Waals surface area contributed by atoms with Crippen molar-refractivity contribution in [1.82, 2.24) is 15.4 Å². The number of carbonyl (C=O) groups is 2. The van der Waals surface area contributed by atoms with Gasteiger partial charge in [-0.2, -0.15) is 0 Å². The Balaban J connectivity index is 1.18. The number of fused-ring (bicyclic) bond motifs is 2. The minimum atomic E-state index is -0.138. The van der Waals surface area contributed by atoms with E-state index in [1.807, 2.05) is 12.1 Å². The number of hydrogen-bond donors (Lipinski definition) is 1. The number of aromatic nitrogens is 1. The molecule has 3 atom stereocenters. The summed E-state index contributed by atoms with van der Waals surface area (Å²) >= 11 is 7.51. The fourth-order valence-electron chi connectivity index (χ4n) is 4.49. The van der Waals surface area contributed by atoms with Crippen molar-refractivity contribution in [3.63, 3.8) is 0 Å². The Kier molecular flexibility index (Phi) is 5.75. The van der Waals surface area contributed by atoms with Gasteiger partial charge in [0.2, 0.25) is 11.8 Å². The van der Waals surface area contributed by atoms with Crippen LogP contribution in [0, 0.1) is 5.92 Å². The lowest BCUT2D eigenvalue weighted by atomic mass is 9.83. The number of amidine groups is 1. The standard InChI is InChI=1S/C22H23ClN4O3S/c23-14-7-5-13(6-8-14)19-9-15(26-30-19)11-24-20(28)10-16-12-31-22-25-18-4-2-1-3-17(18)21(29)27(16)22/h5-9,16-18H,1-4,10-12H2,(H,24,28). The van der Waals surface area contributed by atoms with Crippen molar-refractivity contribution in [3.05, 3.63) is 41.0 Å². The van der Waals surface area contributed by atoms with E-state index >= 15 is 0 Å². The van der Waals surface area contributed by atoms with Gasteiger partial charge in [0.05, 0.1) is 24.5 Å². The van der Waals surface area contributed by atoms with E-state index in [1.54, 1.807) is 34.9 Å². The maximum Gasteiger partial charge on any atom is 0.234 e. The van der Waals surface area contributed by atoms with E-state index in [9.17, 15) is 9.59 Å². The number of nitrogens with one attached hydrogen (secondary N) is 1. The molecule has 0 spiro atoms. The Bertz CT molecular complexity index is 1020. The van der Waals surface area contributed by atoms with Gasteiger partial charge >= 0.3 is 0 Å². The molecule has 9 heteroatoms. The number of rotatable bonds is 5. The van der Waals surface area contributed by atoms with Crippen molar-refractivity contribution >= 4 is 40.3 Å². The Labute approximate surface area is 189 Å². The molecule has 3 heterocycles. The molecule has 1 aromatic heterocycles. The van der Waals surface area contributed by atoms with Gasteiger partial charge in [0.25, 0.3) is 0 Å². The highest BCUT2D eigenvalue weighted by Crippen LogP contribution is 2.38. The fraction of sp³-hybridized carbons (Fsp3) is 0.455. The summed E-state index contributed by atoms with van der Waals surface area (Å²) in [6, 6.07) is 9.08. The molecule has 2 fully saturated rings. The van der Waals surface area contributed by atoms with Gasteiger partial charge in [-0.1, -0.05) is 41.4 Å². The van der Waals surface area contributed by atoms with E-state index < -0.39 is 0 Å². The molecule has 1 saturated heterocycles. The predicted octanol–water partition coefficient (Wildman–Crippen LogP) is 3.87. The van der Waals surface area contributed by atoms with Gasteiger partial charge in [-0.3, -0.25) is 19.5 Å². The first-order valence-electron chi connectivity index (χ1n) is 10.6. The summed E-state index contributed by atoms with van der Waals surface area (Å²) in [4.78, 5) is 32.2. The highest BCUT2D eigenvalue weighted by Gasteiger charge is 2.45. The molecule has 31 heavy (non-hydrogen) atoms. The summed E-state index contributed by atoms with van der Waals surface area (Å²) in [6.07, 6.45) is 4.39. The summed E-state index contributed by atoms with van der Waals surface area (Å²) in [6.45, 7) is 0.273. The molecule has 1 saturated carbocycles. The highest BCUT2D eigenvalue weighted by atomic mass is 35.5. The SMILES string of the molecule is O=C(CC1CSC2=NC3CCCCC3C(=O)N21)NCc1cc(-c2ccc(Cl)cc2)on1. The lowest BCUT2D eigenvalue weighted by Crippen LogP contribution is -2.51. The fourth-order valence-corrected chi connectivity index (χ4v) is 5.81. The first-order chi connectivity index (χ1) is 15.1. The number of nitrogens with zero attached hydrogens (tertiary/aromatic N) is 3. The molecule has 162 valence electrons. The summed E-state index contributed by atoms with van der Waals surface area (Å²) < 4.78 is 5.37. The topological polar surface area (TPSA) is 87.8 Å². The lowest BCUT2D eigenvalue weighted by molar-refractivity contribution is -0.135. The van der Waals surface area contributed by atoms with Crippen LogP contribution in [-0.2, 0) is 16.1 Å². The molecule has 2 aromatic rings. The summed E-state index contributed by atoms with van der Waals surface area (Å²) in [5, 5.41) is 8.38. The third-order valence-corrected chi connectivity index (χ3v) is 7.48. The largest absolute Gasteiger partial charge is 0.356 e. The molecule has 0 radical (unpaired) electrons. The van der Waals surface area contributed by atoms with Crippen LogP contribution in [0.4, 0.5) is 0 Å². The number of hydrogen-bond acceptors (Lipinski definition) is 6. The second-order valence-electron chi connectivity index (χ2n) is 8.21. The maximum atomic E-state index is 13.0. The zero-order valence-electron chi connectivity index (χ0n) is 16.9. The second-order valence-corrected chi connectivity index (χ2v) is 9.64. The van der Waals surface area contributed by atoms with E-state index in [1.165, 1.54) is 0 Å². The molecule has 0 bridgehead atoms. The lowest BCUT2D eigenvalue weighted by Gasteiger charge is -2.37. The minimum absolute atomic E-state index is 0.0109. The van der Waals surface area contributed by atoms with E-state index in [-0.39, 0.29) is 42.8 Å². The van der Waals surface area contributed by atoms with Gasteiger partial charge in [-0.15, -0.1) is 0 Å². The molecule has 1 N–H and O–H groups in total. The number of halogens is 1. The molecule has 1 aromatic carbocycles. The number of amides is 2. The second kappa shape index (κ2) is 8.67. The van der Waals surface area contributed by atoms with E-state index in [4.69, 9.17) is 21.1 Å². The molecule has 2 amide bonds. The van der Waals surface area contributed by atoms with Gasteiger partial charge < -0.3 is 9.84 Å². The summed E-state index contributed by atoms with van der Waals surface area (Å²) in [7, 11) is 0. The van der Waals surface area contributed by atoms with Crippen LogP contribution in [0.3, 0.4) is 0 Å². The molecule has 3 unspecified atom stereocenters. The van der Waals surface area contributed by atoms with Gasteiger partial charge in [-0.05, 0) is 37.1 Å². The maximum absolute atomic E-state index is 13.0. The molecule has 1 aliphatic carbocycles. The summed E-state index contributed by atoms with van der Waals surface area (Å²) in [5.74, 6) is 1.36. The number of carbonyl (C=O) groups excluding carboxylic acids is 2. The van der Waals surface area contributed by atoms with Gasteiger partial charge in [0.15, 0.2) is 10.9 Å². The van der Waals surface area contributed by atoms with Crippen molar-refractivity contribution in [2.45, 2.75) is 50.7 Å². The van der Waals surface area contributed by atoms with Crippen LogP contribution in [0.2, 0.25) is 5.02 Å². The average Bonchev–Trinajstić information content (AvgIpc) is 3.41. The van der Waals surface area contributed by atoms with Gasteiger partial charge in [-0.25, -0.2) is 0 Å². The zero-order chi connectivity index (χ0) is 21.4. The highest BCUT2D eigenvalue weighted by molar-refractivity contribution is 8.14. The molecule has 2 aliphatic heterocycles. The zero-order valence-corrected chi connectivity index (χ0v) is 18.5. The monoisotopic (exact) mass is 458 g/mol. The van der Waals surface area contributed by atoms with Crippen molar-refractivity contribution in [3.8, 4) is 11.3 Å². The van der Waals surface area contributed by atoms with Crippen LogP contribution < -0.4 is 5.32 Å². The van der Waals surface area contributed by atoms with Crippen LogP contribution >= 0.6 is 23.4 Å². The number of benzene rings is 1. The van der Waals surface area contributed by atoms with E-state index in [0.717, 1.165) is 36.4 Å². The number of thioether (sulfide) groups is 1. The molecular formula is C22H23ClN4O3S. The summed E-state index contributed by atoms with van der Waals surface area (Å²) in [5.41, 5.74) is 1.51. The first kappa shape index (κ1) is 20.6. The predicted molar refractivity (Wildman–Crippen MR) is 120 cm³/mol. The van der Waals surface area contributed by atoms with Crippen LogP contribution in [0.1, 0.15) is 37.8 Å². The Morgan fingerprint density at radius 2 is 2.06 bits per heavy atom. The third kappa shape index (κ3) is 4.23. The van der Waals surface area contributed by atoms with E-state index in [0.29, 0.717) is 22.2 Å². The molecule has 7 nitrogen and oxygen atoms in total. The van der Waals surface area contributed by atoms with Crippen molar-refractivity contribution < 1.29 is 14.1 Å². The number of aliphatic imine (C=N–C) groups is 1. The van der Waals surface area contributed by atoms with Gasteiger partial charge in [0.1, 0.15) is 5.69 Å².